The molecular formula is C14H15ClFNO3. The van der Waals surface area contributed by atoms with Crippen LogP contribution in [0.25, 0.3) is 0 Å². The van der Waals surface area contributed by atoms with Gasteiger partial charge in [0.2, 0.25) is 0 Å². The molecule has 0 aliphatic carbocycles. The van der Waals surface area contributed by atoms with Gasteiger partial charge in [-0.05, 0) is 38.0 Å². The lowest BCUT2D eigenvalue weighted by Gasteiger charge is -2.36. The smallest absolute Gasteiger partial charge is 0.309 e. The zero-order chi connectivity index (χ0) is 14.9. The van der Waals surface area contributed by atoms with E-state index in [0.717, 1.165) is 6.07 Å². The molecule has 1 fully saturated rings. The predicted octanol–water partition coefficient (Wildman–Crippen LogP) is 2.81. The van der Waals surface area contributed by atoms with E-state index in [9.17, 15) is 14.0 Å². The Bertz CT molecular complexity index is 553. The number of aliphatic carboxylic acids is 1. The van der Waals surface area contributed by atoms with Crippen molar-refractivity contribution < 1.29 is 19.1 Å². The van der Waals surface area contributed by atoms with E-state index in [4.69, 9.17) is 16.7 Å². The molecule has 1 saturated heterocycles. The van der Waals surface area contributed by atoms with Gasteiger partial charge < -0.3 is 10.0 Å². The van der Waals surface area contributed by atoms with Gasteiger partial charge in [0.15, 0.2) is 0 Å². The highest BCUT2D eigenvalue weighted by atomic mass is 35.5. The third kappa shape index (κ3) is 2.77. The fourth-order valence-corrected chi connectivity index (χ4v) is 2.35. The van der Waals surface area contributed by atoms with Crippen LogP contribution in [0.3, 0.4) is 0 Å². The van der Waals surface area contributed by atoms with Crippen molar-refractivity contribution in [1.29, 1.82) is 0 Å². The van der Waals surface area contributed by atoms with Crippen molar-refractivity contribution in [2.24, 2.45) is 5.41 Å². The summed E-state index contributed by atoms with van der Waals surface area (Å²) in [5.41, 5.74) is -0.562. The molecule has 1 N–H and O–H groups in total. The minimum absolute atomic E-state index is 0.0290. The highest BCUT2D eigenvalue weighted by Crippen LogP contribution is 2.31. The molecule has 0 radical (unpaired) electrons. The van der Waals surface area contributed by atoms with Gasteiger partial charge in [0.25, 0.3) is 5.91 Å². The monoisotopic (exact) mass is 299 g/mol. The normalized spacial score (nSPS) is 17.9. The van der Waals surface area contributed by atoms with Crippen LogP contribution in [0.5, 0.6) is 0 Å². The molecule has 2 rings (SSSR count). The Labute approximate surface area is 121 Å². The van der Waals surface area contributed by atoms with Crippen LogP contribution in [0.15, 0.2) is 18.2 Å². The molecule has 6 heteroatoms. The molecule has 1 aliphatic rings. The molecule has 1 amide bonds. The zero-order valence-electron chi connectivity index (χ0n) is 11.0. The van der Waals surface area contributed by atoms with Gasteiger partial charge in [-0.3, -0.25) is 9.59 Å². The van der Waals surface area contributed by atoms with Gasteiger partial charge in [0, 0.05) is 18.7 Å². The molecule has 0 aromatic heterocycles. The van der Waals surface area contributed by atoms with Crippen LogP contribution in [-0.4, -0.2) is 35.0 Å². The standard InChI is InChI=1S/C14H15ClFNO3/c1-14(13(19)20)4-6-17(7-5-14)12(18)9-2-3-10(15)11(16)8-9/h2-3,8H,4-7H2,1H3,(H,19,20). The number of carboxylic acid groups (broad SMARTS) is 1. The van der Waals surface area contributed by atoms with E-state index in [0.29, 0.717) is 25.9 Å². The van der Waals surface area contributed by atoms with Crippen LogP contribution < -0.4 is 0 Å². The quantitative estimate of drug-likeness (QED) is 0.913. The summed E-state index contributed by atoms with van der Waals surface area (Å²) >= 11 is 5.58. The Hall–Kier alpha value is -1.62. The van der Waals surface area contributed by atoms with E-state index in [1.165, 1.54) is 12.1 Å². The second-order valence-corrected chi connectivity index (χ2v) is 5.69. The van der Waals surface area contributed by atoms with Crippen LogP contribution in [0.2, 0.25) is 5.02 Å². The summed E-state index contributed by atoms with van der Waals surface area (Å²) in [7, 11) is 0. The number of carbonyl (C=O) groups excluding carboxylic acids is 1. The molecular weight excluding hydrogens is 285 g/mol. The number of rotatable bonds is 2. The van der Waals surface area contributed by atoms with Gasteiger partial charge >= 0.3 is 5.97 Å². The Morgan fingerprint density at radius 1 is 1.35 bits per heavy atom. The van der Waals surface area contributed by atoms with Gasteiger partial charge in [-0.25, -0.2) is 4.39 Å². The maximum atomic E-state index is 13.4. The van der Waals surface area contributed by atoms with E-state index in [1.807, 2.05) is 0 Å². The van der Waals surface area contributed by atoms with Gasteiger partial charge in [-0.1, -0.05) is 11.6 Å². The summed E-state index contributed by atoms with van der Waals surface area (Å²) in [4.78, 5) is 24.9. The summed E-state index contributed by atoms with van der Waals surface area (Å²) in [5, 5.41) is 9.11. The molecule has 1 aromatic rings. The van der Waals surface area contributed by atoms with Crippen LogP contribution in [0.4, 0.5) is 4.39 Å². The number of likely N-dealkylation sites (tertiary alicyclic amines) is 1. The minimum Gasteiger partial charge on any atom is -0.481 e. The SMILES string of the molecule is CC1(C(=O)O)CCN(C(=O)c2ccc(Cl)c(F)c2)CC1. The molecule has 0 spiro atoms. The first kappa shape index (κ1) is 14.8. The van der Waals surface area contributed by atoms with Crippen molar-refractivity contribution in [1.82, 2.24) is 4.90 Å². The third-order valence-corrected chi connectivity index (χ3v) is 4.14. The third-order valence-electron chi connectivity index (χ3n) is 3.84. The molecule has 1 aromatic carbocycles. The molecule has 0 bridgehead atoms. The Morgan fingerprint density at radius 3 is 2.45 bits per heavy atom. The lowest BCUT2D eigenvalue weighted by atomic mass is 9.80. The van der Waals surface area contributed by atoms with Crippen LogP contribution >= 0.6 is 11.6 Å². The number of hydrogen-bond acceptors (Lipinski definition) is 2. The average Bonchev–Trinajstić information content (AvgIpc) is 2.42. The number of carboxylic acids is 1. The Balaban J connectivity index is 2.08. The summed E-state index contributed by atoms with van der Waals surface area (Å²) < 4.78 is 13.4. The molecule has 108 valence electrons. The topological polar surface area (TPSA) is 57.6 Å². The molecule has 20 heavy (non-hydrogen) atoms. The first-order valence-corrected chi connectivity index (χ1v) is 6.69. The van der Waals surface area contributed by atoms with Gasteiger partial charge in [0.05, 0.1) is 10.4 Å². The van der Waals surface area contributed by atoms with Crippen molar-refractivity contribution >= 4 is 23.5 Å². The summed E-state index contributed by atoms with van der Waals surface area (Å²) in [6.07, 6.45) is 0.786. The molecule has 0 atom stereocenters. The van der Waals surface area contributed by atoms with Crippen molar-refractivity contribution in [3.8, 4) is 0 Å². The lowest BCUT2D eigenvalue weighted by molar-refractivity contribution is -0.150. The van der Waals surface area contributed by atoms with Crippen molar-refractivity contribution in [3.63, 3.8) is 0 Å². The number of amides is 1. The first-order valence-electron chi connectivity index (χ1n) is 6.31. The largest absolute Gasteiger partial charge is 0.481 e. The number of nitrogens with zero attached hydrogens (tertiary/aromatic N) is 1. The summed E-state index contributed by atoms with van der Waals surface area (Å²) in [5.74, 6) is -1.78. The number of carbonyl (C=O) groups is 2. The summed E-state index contributed by atoms with van der Waals surface area (Å²) in [6, 6.07) is 3.92. The van der Waals surface area contributed by atoms with Crippen LogP contribution in [0.1, 0.15) is 30.1 Å². The zero-order valence-corrected chi connectivity index (χ0v) is 11.8. The van der Waals surface area contributed by atoms with E-state index in [-0.39, 0.29) is 16.5 Å². The molecule has 1 heterocycles. The predicted molar refractivity (Wildman–Crippen MR) is 72.3 cm³/mol. The maximum absolute atomic E-state index is 13.4. The highest BCUT2D eigenvalue weighted by Gasteiger charge is 2.38. The molecule has 4 nitrogen and oxygen atoms in total. The lowest BCUT2D eigenvalue weighted by Crippen LogP contribution is -2.45. The van der Waals surface area contributed by atoms with E-state index >= 15 is 0 Å². The van der Waals surface area contributed by atoms with Gasteiger partial charge in [-0.2, -0.15) is 0 Å². The molecule has 1 aliphatic heterocycles. The van der Waals surface area contributed by atoms with E-state index in [2.05, 4.69) is 0 Å². The van der Waals surface area contributed by atoms with Crippen LogP contribution in [-0.2, 0) is 4.79 Å². The van der Waals surface area contributed by atoms with Gasteiger partial charge in [-0.15, -0.1) is 0 Å². The second-order valence-electron chi connectivity index (χ2n) is 5.29. The fourth-order valence-electron chi connectivity index (χ4n) is 2.23. The van der Waals surface area contributed by atoms with Crippen molar-refractivity contribution in [2.45, 2.75) is 19.8 Å². The maximum Gasteiger partial charge on any atom is 0.309 e. The number of hydrogen-bond donors (Lipinski definition) is 1. The number of halogens is 2. The Kier molecular flexibility index (Phi) is 3.99. The average molecular weight is 300 g/mol. The second kappa shape index (κ2) is 5.40. The molecule has 0 saturated carbocycles. The van der Waals surface area contributed by atoms with Crippen molar-refractivity contribution in [2.75, 3.05) is 13.1 Å². The van der Waals surface area contributed by atoms with Gasteiger partial charge in [0.1, 0.15) is 5.82 Å². The number of piperidine rings is 1. The first-order chi connectivity index (χ1) is 9.33. The van der Waals surface area contributed by atoms with Crippen molar-refractivity contribution in [3.05, 3.63) is 34.6 Å². The fraction of sp³-hybridized carbons (Fsp3) is 0.429. The van der Waals surface area contributed by atoms with E-state index < -0.39 is 17.2 Å². The molecule has 0 unspecified atom stereocenters. The number of benzene rings is 1. The van der Waals surface area contributed by atoms with Crippen LogP contribution in [0, 0.1) is 11.2 Å². The Morgan fingerprint density at radius 2 is 1.95 bits per heavy atom. The van der Waals surface area contributed by atoms with E-state index in [1.54, 1.807) is 11.8 Å². The minimum atomic E-state index is -0.845. The summed E-state index contributed by atoms with van der Waals surface area (Å²) in [6.45, 7) is 2.39. The highest BCUT2D eigenvalue weighted by molar-refractivity contribution is 6.30.